The summed E-state index contributed by atoms with van der Waals surface area (Å²) in [5.74, 6) is -1.67. The number of carbonyl (C=O) groups is 2. The van der Waals surface area contributed by atoms with Crippen molar-refractivity contribution in [2.75, 3.05) is 0 Å². The van der Waals surface area contributed by atoms with Gasteiger partial charge in [-0.15, -0.1) is 0 Å². The Balaban J connectivity index is 0. The van der Waals surface area contributed by atoms with Gasteiger partial charge in [0.15, 0.2) is 0 Å². The molecule has 0 saturated heterocycles. The average Bonchev–Trinajstić information content (AvgIpc) is 2.01. The predicted octanol–water partition coefficient (Wildman–Crippen LogP) is 1.62. The van der Waals surface area contributed by atoms with Gasteiger partial charge in [-0.05, 0) is 20.8 Å². The number of aliphatic carboxylic acids is 1. The molecule has 0 fully saturated rings. The van der Waals surface area contributed by atoms with Crippen molar-refractivity contribution in [2.24, 2.45) is 0 Å². The molecule has 80 valence electrons. The maximum Gasteiger partial charge on any atom is 0.367 e. The second-order valence-corrected chi connectivity index (χ2v) is 2.72. The topological polar surface area (TPSA) is 83.8 Å². The summed E-state index contributed by atoms with van der Waals surface area (Å²) in [6.07, 6.45) is 1.17. The summed E-state index contributed by atoms with van der Waals surface area (Å²) >= 11 is 0. The lowest BCUT2D eigenvalue weighted by Crippen LogP contribution is -1.99. The number of hydrogen-bond donors (Lipinski definition) is 2. The van der Waals surface area contributed by atoms with Gasteiger partial charge >= 0.3 is 11.9 Å². The van der Waals surface area contributed by atoms with Crippen molar-refractivity contribution < 1.29 is 24.8 Å². The van der Waals surface area contributed by atoms with Crippen LogP contribution in [0.25, 0.3) is 0 Å². The SMILES string of the molecule is C=C(C)C(=O)OO.CC(C)=CC(=O)O. The van der Waals surface area contributed by atoms with Crippen LogP contribution in [0.15, 0.2) is 23.8 Å². The standard InChI is InChI=1S/C5H8O2.C4H6O3/c1-4(2)3-5(6)7;1-3(2)4(5)7-6/h3H,1-2H3,(H,6,7);6H,1H2,2H3. The van der Waals surface area contributed by atoms with Gasteiger partial charge in [-0.2, -0.15) is 5.26 Å². The number of carboxylic acids is 1. The fourth-order valence-electron chi connectivity index (χ4n) is 0.325. The first-order chi connectivity index (χ1) is 6.31. The number of allylic oxidation sites excluding steroid dienone is 1. The second-order valence-electron chi connectivity index (χ2n) is 2.72. The zero-order valence-electron chi connectivity index (χ0n) is 8.40. The molecule has 5 heteroatoms. The molecule has 0 atom stereocenters. The van der Waals surface area contributed by atoms with E-state index in [1.807, 2.05) is 0 Å². The Kier molecular flexibility index (Phi) is 8.50. The molecule has 14 heavy (non-hydrogen) atoms. The van der Waals surface area contributed by atoms with E-state index in [1.54, 1.807) is 13.8 Å². The molecule has 5 nitrogen and oxygen atoms in total. The number of hydrogen-bond acceptors (Lipinski definition) is 4. The molecule has 0 aromatic heterocycles. The first-order valence-corrected chi connectivity index (χ1v) is 3.70. The largest absolute Gasteiger partial charge is 0.478 e. The third-order valence-electron chi connectivity index (χ3n) is 0.844. The van der Waals surface area contributed by atoms with Crippen LogP contribution in [0.4, 0.5) is 0 Å². The molecule has 0 rings (SSSR count). The molecule has 0 aromatic rings. The van der Waals surface area contributed by atoms with Crippen LogP contribution in [0.3, 0.4) is 0 Å². The first-order valence-electron chi connectivity index (χ1n) is 3.70. The number of carbonyl (C=O) groups excluding carboxylic acids is 1. The maximum atomic E-state index is 9.94. The van der Waals surface area contributed by atoms with E-state index >= 15 is 0 Å². The van der Waals surface area contributed by atoms with Gasteiger partial charge in [-0.3, -0.25) is 4.89 Å². The van der Waals surface area contributed by atoms with Crippen LogP contribution in [-0.4, -0.2) is 22.3 Å². The summed E-state index contributed by atoms with van der Waals surface area (Å²) < 4.78 is 0. The molecule has 0 bridgehead atoms. The van der Waals surface area contributed by atoms with E-state index in [2.05, 4.69) is 11.5 Å². The summed E-state index contributed by atoms with van der Waals surface area (Å²) in [4.78, 5) is 22.9. The lowest BCUT2D eigenvalue weighted by atomic mass is 10.3. The predicted molar refractivity (Wildman–Crippen MR) is 50.6 cm³/mol. The molecule has 0 radical (unpaired) electrons. The second kappa shape index (κ2) is 8.00. The summed E-state index contributed by atoms with van der Waals surface area (Å²) in [6.45, 7) is 8.12. The van der Waals surface area contributed by atoms with E-state index in [0.29, 0.717) is 0 Å². The van der Waals surface area contributed by atoms with E-state index in [9.17, 15) is 9.59 Å². The van der Waals surface area contributed by atoms with Crippen molar-refractivity contribution in [3.8, 4) is 0 Å². The highest BCUT2D eigenvalue weighted by molar-refractivity contribution is 5.86. The van der Waals surface area contributed by atoms with Gasteiger partial charge in [0.1, 0.15) is 0 Å². The fourth-order valence-corrected chi connectivity index (χ4v) is 0.325. The van der Waals surface area contributed by atoms with Gasteiger partial charge in [-0.25, -0.2) is 9.59 Å². The quantitative estimate of drug-likeness (QED) is 0.403. The van der Waals surface area contributed by atoms with Crippen LogP contribution in [0.2, 0.25) is 0 Å². The molecule has 0 saturated carbocycles. The van der Waals surface area contributed by atoms with Gasteiger partial charge in [0.25, 0.3) is 0 Å². The minimum absolute atomic E-state index is 0.183. The van der Waals surface area contributed by atoms with Crippen LogP contribution >= 0.6 is 0 Å². The molecule has 0 spiro atoms. The van der Waals surface area contributed by atoms with Crippen molar-refractivity contribution in [3.05, 3.63) is 23.8 Å². The van der Waals surface area contributed by atoms with Crippen LogP contribution in [-0.2, 0) is 14.5 Å². The molecule has 0 unspecified atom stereocenters. The zero-order valence-corrected chi connectivity index (χ0v) is 8.40. The van der Waals surface area contributed by atoms with Crippen molar-refractivity contribution >= 4 is 11.9 Å². The van der Waals surface area contributed by atoms with Crippen LogP contribution in [0.5, 0.6) is 0 Å². The van der Waals surface area contributed by atoms with Crippen LogP contribution < -0.4 is 0 Å². The van der Waals surface area contributed by atoms with E-state index in [-0.39, 0.29) is 5.57 Å². The lowest BCUT2D eigenvalue weighted by Gasteiger charge is -1.88. The van der Waals surface area contributed by atoms with E-state index in [0.717, 1.165) is 5.57 Å². The molecular weight excluding hydrogens is 188 g/mol. The Morgan fingerprint density at radius 3 is 1.71 bits per heavy atom. The highest BCUT2D eigenvalue weighted by Crippen LogP contribution is 1.86. The molecule has 2 N–H and O–H groups in total. The van der Waals surface area contributed by atoms with Crippen molar-refractivity contribution in [1.29, 1.82) is 0 Å². The Hall–Kier alpha value is -1.62. The first kappa shape index (κ1) is 14.9. The highest BCUT2D eigenvalue weighted by atomic mass is 17.1. The minimum Gasteiger partial charge on any atom is -0.478 e. The van der Waals surface area contributed by atoms with Gasteiger partial charge in [-0.1, -0.05) is 12.2 Å². The monoisotopic (exact) mass is 202 g/mol. The maximum absolute atomic E-state index is 9.94. The smallest absolute Gasteiger partial charge is 0.367 e. The summed E-state index contributed by atoms with van der Waals surface area (Å²) in [6, 6.07) is 0. The molecular formula is C9H14O5. The lowest BCUT2D eigenvalue weighted by molar-refractivity contribution is -0.229. The Morgan fingerprint density at radius 2 is 1.71 bits per heavy atom. The zero-order chi connectivity index (χ0) is 11.7. The van der Waals surface area contributed by atoms with Gasteiger partial charge in [0.2, 0.25) is 0 Å². The Morgan fingerprint density at radius 1 is 1.29 bits per heavy atom. The van der Waals surface area contributed by atoms with Crippen molar-refractivity contribution in [3.63, 3.8) is 0 Å². The highest BCUT2D eigenvalue weighted by Gasteiger charge is 1.98. The van der Waals surface area contributed by atoms with Gasteiger partial charge in [0.05, 0.1) is 0 Å². The van der Waals surface area contributed by atoms with E-state index < -0.39 is 11.9 Å². The summed E-state index contributed by atoms with van der Waals surface area (Å²) in [7, 11) is 0. The fraction of sp³-hybridized carbons (Fsp3) is 0.333. The van der Waals surface area contributed by atoms with E-state index in [1.165, 1.54) is 13.0 Å². The molecule has 0 aliphatic rings. The van der Waals surface area contributed by atoms with Crippen molar-refractivity contribution in [1.82, 2.24) is 0 Å². The van der Waals surface area contributed by atoms with Gasteiger partial charge in [0, 0.05) is 11.6 Å². The molecule has 0 aliphatic heterocycles. The normalized spacial score (nSPS) is 7.71. The Labute approximate surface area is 82.2 Å². The minimum atomic E-state index is -0.875. The third kappa shape index (κ3) is 13.0. The summed E-state index contributed by atoms with van der Waals surface area (Å²) in [5.41, 5.74) is 0.995. The van der Waals surface area contributed by atoms with Crippen molar-refractivity contribution in [2.45, 2.75) is 20.8 Å². The number of rotatable bonds is 2. The molecule has 0 heterocycles. The third-order valence-corrected chi connectivity index (χ3v) is 0.844. The average molecular weight is 202 g/mol. The molecule has 0 aromatic carbocycles. The summed E-state index contributed by atoms with van der Waals surface area (Å²) in [5, 5.41) is 15.6. The number of carboxylic acid groups (broad SMARTS) is 1. The molecule has 0 aliphatic carbocycles. The van der Waals surface area contributed by atoms with Gasteiger partial charge < -0.3 is 5.11 Å². The Bertz CT molecular complexity index is 248. The van der Waals surface area contributed by atoms with Crippen LogP contribution in [0.1, 0.15) is 20.8 Å². The van der Waals surface area contributed by atoms with E-state index in [4.69, 9.17) is 10.4 Å². The molecule has 0 amide bonds. The van der Waals surface area contributed by atoms with Crippen LogP contribution in [0, 0.1) is 0 Å².